The molecule has 4 heteroatoms. The third kappa shape index (κ3) is 1.98. The van der Waals surface area contributed by atoms with Crippen LogP contribution in [0.15, 0.2) is 76.8 Å². The molecule has 3 aromatic rings. The zero-order valence-corrected chi connectivity index (χ0v) is 13.4. The normalized spacial score (nSPS) is 22.1. The first-order chi connectivity index (χ1) is 11.8. The maximum Gasteiger partial charge on any atom is 0.191 e. The molecule has 2 aliphatic carbocycles. The fourth-order valence-electron chi connectivity index (χ4n) is 3.44. The van der Waals surface area contributed by atoms with Crippen LogP contribution in [-0.4, -0.2) is 9.97 Å². The second-order valence-corrected chi connectivity index (χ2v) is 6.35. The van der Waals surface area contributed by atoms with E-state index in [2.05, 4.69) is 47.5 Å². The zero-order chi connectivity index (χ0) is 16.1. The van der Waals surface area contributed by atoms with Crippen molar-refractivity contribution in [2.75, 3.05) is 0 Å². The van der Waals surface area contributed by atoms with E-state index in [1.165, 1.54) is 5.57 Å². The molecule has 0 spiro atoms. The smallest absolute Gasteiger partial charge is 0.191 e. The lowest BCUT2D eigenvalue weighted by atomic mass is 9.79. The van der Waals surface area contributed by atoms with Gasteiger partial charge in [0.25, 0.3) is 0 Å². The SMILES string of the molecule is Clc1nc(C2C=CC=C3C=CC=CC32)nc2c1oc1ccccc12. The van der Waals surface area contributed by atoms with Crippen molar-refractivity contribution >= 4 is 33.7 Å². The Hall–Kier alpha value is -2.65. The van der Waals surface area contributed by atoms with Gasteiger partial charge < -0.3 is 4.42 Å². The lowest BCUT2D eigenvalue weighted by molar-refractivity contribution is 0.628. The van der Waals surface area contributed by atoms with E-state index >= 15 is 0 Å². The van der Waals surface area contributed by atoms with E-state index < -0.39 is 0 Å². The quantitative estimate of drug-likeness (QED) is 0.564. The molecular formula is C20H13ClN2O. The Morgan fingerprint density at radius 1 is 0.958 bits per heavy atom. The summed E-state index contributed by atoms with van der Waals surface area (Å²) in [5.74, 6) is 1.04. The van der Waals surface area contributed by atoms with Crippen LogP contribution < -0.4 is 0 Å². The van der Waals surface area contributed by atoms with Crippen LogP contribution in [-0.2, 0) is 0 Å². The number of benzene rings is 1. The predicted molar refractivity (Wildman–Crippen MR) is 96.1 cm³/mol. The largest absolute Gasteiger partial charge is 0.451 e. The van der Waals surface area contributed by atoms with Gasteiger partial charge in [-0.2, -0.15) is 0 Å². The van der Waals surface area contributed by atoms with Crippen molar-refractivity contribution in [1.82, 2.24) is 9.97 Å². The molecule has 0 bridgehead atoms. The van der Waals surface area contributed by atoms with Gasteiger partial charge in [0.1, 0.15) is 16.9 Å². The van der Waals surface area contributed by atoms with Gasteiger partial charge in [-0.25, -0.2) is 9.97 Å². The van der Waals surface area contributed by atoms with E-state index in [0.29, 0.717) is 10.7 Å². The van der Waals surface area contributed by atoms with E-state index in [0.717, 1.165) is 22.3 Å². The number of fused-ring (bicyclic) bond motifs is 4. The minimum atomic E-state index is 0.0711. The Balaban J connectivity index is 1.71. The molecule has 2 heterocycles. The number of hydrogen-bond donors (Lipinski definition) is 0. The molecule has 1 aromatic carbocycles. The van der Waals surface area contributed by atoms with Crippen LogP contribution in [0.3, 0.4) is 0 Å². The first-order valence-electron chi connectivity index (χ1n) is 7.89. The third-order valence-electron chi connectivity index (χ3n) is 4.59. The highest BCUT2D eigenvalue weighted by molar-refractivity contribution is 6.34. The van der Waals surface area contributed by atoms with E-state index in [9.17, 15) is 0 Å². The Kier molecular flexibility index (Phi) is 2.97. The first-order valence-corrected chi connectivity index (χ1v) is 8.27. The number of nitrogens with zero attached hydrogens (tertiary/aromatic N) is 2. The van der Waals surface area contributed by atoms with Crippen LogP contribution in [0, 0.1) is 5.92 Å². The van der Waals surface area contributed by atoms with Crippen LogP contribution in [0.25, 0.3) is 22.1 Å². The summed E-state index contributed by atoms with van der Waals surface area (Å²) in [4.78, 5) is 9.35. The van der Waals surface area contributed by atoms with Crippen molar-refractivity contribution in [3.63, 3.8) is 0 Å². The molecule has 0 fully saturated rings. The predicted octanol–water partition coefficient (Wildman–Crippen LogP) is 5.35. The maximum absolute atomic E-state index is 6.41. The van der Waals surface area contributed by atoms with Crippen molar-refractivity contribution in [3.05, 3.63) is 83.3 Å². The summed E-state index contributed by atoms with van der Waals surface area (Å²) >= 11 is 6.41. The van der Waals surface area contributed by atoms with Crippen LogP contribution in [0.4, 0.5) is 0 Å². The van der Waals surface area contributed by atoms with Crippen molar-refractivity contribution in [2.45, 2.75) is 5.92 Å². The van der Waals surface area contributed by atoms with Gasteiger partial charge in [0.15, 0.2) is 10.7 Å². The van der Waals surface area contributed by atoms with Gasteiger partial charge >= 0.3 is 0 Å². The molecule has 0 saturated heterocycles. The average molecular weight is 333 g/mol. The number of halogens is 1. The summed E-state index contributed by atoms with van der Waals surface area (Å²) in [5.41, 5.74) is 3.37. The molecule has 2 aromatic heterocycles. The molecule has 5 rings (SSSR count). The summed E-state index contributed by atoms with van der Waals surface area (Å²) in [7, 11) is 0. The molecule has 0 aliphatic heterocycles. The molecule has 116 valence electrons. The van der Waals surface area contributed by atoms with Gasteiger partial charge in [0.2, 0.25) is 0 Å². The molecular weight excluding hydrogens is 320 g/mol. The second-order valence-electron chi connectivity index (χ2n) is 6.00. The van der Waals surface area contributed by atoms with Gasteiger partial charge in [-0.3, -0.25) is 0 Å². The highest BCUT2D eigenvalue weighted by Gasteiger charge is 2.28. The van der Waals surface area contributed by atoms with Crippen LogP contribution in [0.2, 0.25) is 5.15 Å². The van der Waals surface area contributed by atoms with Crippen LogP contribution in [0.1, 0.15) is 11.7 Å². The fourth-order valence-corrected chi connectivity index (χ4v) is 3.66. The number of allylic oxidation sites excluding steroid dienone is 8. The Morgan fingerprint density at radius 3 is 2.79 bits per heavy atom. The van der Waals surface area contributed by atoms with Gasteiger partial charge in [0, 0.05) is 17.2 Å². The monoisotopic (exact) mass is 332 g/mol. The minimum Gasteiger partial charge on any atom is -0.451 e. The summed E-state index contributed by atoms with van der Waals surface area (Å²) < 4.78 is 5.82. The van der Waals surface area contributed by atoms with Crippen molar-refractivity contribution < 1.29 is 4.42 Å². The highest BCUT2D eigenvalue weighted by atomic mass is 35.5. The lowest BCUT2D eigenvalue weighted by Gasteiger charge is -2.26. The minimum absolute atomic E-state index is 0.0711. The maximum atomic E-state index is 6.41. The van der Waals surface area contributed by atoms with Crippen molar-refractivity contribution in [2.24, 2.45) is 5.92 Å². The Morgan fingerprint density at radius 2 is 1.83 bits per heavy atom. The molecule has 2 unspecified atom stereocenters. The second kappa shape index (κ2) is 5.18. The molecule has 0 radical (unpaired) electrons. The van der Waals surface area contributed by atoms with Crippen molar-refractivity contribution in [1.29, 1.82) is 0 Å². The number of para-hydroxylation sites is 1. The number of aromatic nitrogens is 2. The molecule has 3 nitrogen and oxygen atoms in total. The van der Waals surface area contributed by atoms with Crippen LogP contribution >= 0.6 is 11.6 Å². The summed E-state index contributed by atoms with van der Waals surface area (Å²) in [5, 5.41) is 1.33. The summed E-state index contributed by atoms with van der Waals surface area (Å²) in [6.45, 7) is 0. The van der Waals surface area contributed by atoms with Crippen molar-refractivity contribution in [3.8, 4) is 0 Å². The van der Waals surface area contributed by atoms with Gasteiger partial charge in [-0.1, -0.05) is 66.3 Å². The fraction of sp³-hybridized carbons (Fsp3) is 0.100. The third-order valence-corrected chi connectivity index (χ3v) is 4.85. The Bertz CT molecular complexity index is 1090. The standard InChI is InChI=1S/C20H13ClN2O/c21-19-18-17(15-9-3-4-11-16(15)24-18)22-20(23-19)14-10-5-7-12-6-1-2-8-13(12)14/h1-11,13-14H. The van der Waals surface area contributed by atoms with Gasteiger partial charge in [-0.05, 0) is 17.7 Å². The topological polar surface area (TPSA) is 38.9 Å². The molecule has 0 saturated carbocycles. The molecule has 2 atom stereocenters. The zero-order valence-electron chi connectivity index (χ0n) is 12.7. The average Bonchev–Trinajstić information content (AvgIpc) is 3.01. The first kappa shape index (κ1) is 13.8. The van der Waals surface area contributed by atoms with E-state index in [-0.39, 0.29) is 11.8 Å². The number of furan rings is 1. The molecule has 0 N–H and O–H groups in total. The van der Waals surface area contributed by atoms with Gasteiger partial charge in [-0.15, -0.1) is 0 Å². The van der Waals surface area contributed by atoms with E-state index in [1.54, 1.807) is 0 Å². The molecule has 24 heavy (non-hydrogen) atoms. The Labute approximate surface area is 143 Å². The van der Waals surface area contributed by atoms with E-state index in [4.69, 9.17) is 21.0 Å². The highest BCUT2D eigenvalue weighted by Crippen LogP contribution is 2.38. The summed E-state index contributed by atoms with van der Waals surface area (Å²) in [6, 6.07) is 7.83. The summed E-state index contributed by atoms with van der Waals surface area (Å²) in [6.07, 6.45) is 14.8. The number of rotatable bonds is 1. The van der Waals surface area contributed by atoms with E-state index in [1.807, 2.05) is 24.3 Å². The van der Waals surface area contributed by atoms with Crippen LogP contribution in [0.5, 0.6) is 0 Å². The number of hydrogen-bond acceptors (Lipinski definition) is 3. The lowest BCUT2D eigenvalue weighted by Crippen LogP contribution is -2.17. The molecule has 0 amide bonds. The molecule has 2 aliphatic rings. The van der Waals surface area contributed by atoms with Gasteiger partial charge in [0.05, 0.1) is 0 Å².